The zero-order valence-electron chi connectivity index (χ0n) is 44.3. The van der Waals surface area contributed by atoms with Crippen molar-refractivity contribution in [2.24, 2.45) is 0 Å². The number of unbranched alkanes of at least 4 members (excludes halogenated alkanes) is 3. The summed E-state index contributed by atoms with van der Waals surface area (Å²) in [6, 6.07) is 59.5. The van der Waals surface area contributed by atoms with E-state index in [-0.39, 0.29) is 21.7 Å². The van der Waals surface area contributed by atoms with Crippen molar-refractivity contribution in [2.75, 3.05) is 14.7 Å². The first kappa shape index (κ1) is 48.2. The summed E-state index contributed by atoms with van der Waals surface area (Å²) in [5, 5.41) is 4.38. The molecule has 356 valence electrons. The monoisotopic (exact) mass is 928 g/mol. The van der Waals surface area contributed by atoms with Crippen LogP contribution in [0.2, 0.25) is 6.55 Å². The summed E-state index contributed by atoms with van der Waals surface area (Å²) in [5.74, 6) is 0. The van der Waals surface area contributed by atoms with Gasteiger partial charge in [0.05, 0.1) is 0 Å². The molecule has 2 heterocycles. The van der Waals surface area contributed by atoms with Gasteiger partial charge in [-0.25, -0.2) is 0 Å². The molecule has 0 radical (unpaired) electrons. The minimum absolute atomic E-state index is 0.0178. The van der Waals surface area contributed by atoms with E-state index in [1.54, 1.807) is 0 Å². The zero-order chi connectivity index (χ0) is 49.3. The first-order valence-corrected chi connectivity index (χ1v) is 28.3. The third-order valence-corrected chi connectivity index (χ3v) is 19.6. The highest BCUT2D eigenvalue weighted by atomic mass is 28.3. The second-order valence-corrected chi connectivity index (χ2v) is 28.2. The van der Waals surface area contributed by atoms with E-state index in [2.05, 4.69) is 263 Å². The van der Waals surface area contributed by atoms with Gasteiger partial charge in [0.2, 0.25) is 0 Å². The van der Waals surface area contributed by atoms with E-state index in [1.807, 2.05) is 0 Å². The van der Waals surface area contributed by atoms with E-state index in [0.717, 1.165) is 23.5 Å². The molecule has 0 aromatic heterocycles. The van der Waals surface area contributed by atoms with Crippen LogP contribution in [0.15, 0.2) is 152 Å². The van der Waals surface area contributed by atoms with Crippen LogP contribution in [-0.2, 0) is 28.1 Å². The Morgan fingerprint density at radius 3 is 1.35 bits per heavy atom. The highest BCUT2D eigenvalue weighted by molar-refractivity contribution is 7.14. The number of anilines is 9. The molecule has 3 nitrogen and oxygen atoms in total. The van der Waals surface area contributed by atoms with Gasteiger partial charge in [-0.15, -0.1) is 0 Å². The topological polar surface area (TPSA) is 9.72 Å². The van der Waals surface area contributed by atoms with Crippen LogP contribution >= 0.6 is 0 Å². The van der Waals surface area contributed by atoms with Gasteiger partial charge in [0.1, 0.15) is 0 Å². The van der Waals surface area contributed by atoms with Crippen LogP contribution in [0.4, 0.5) is 51.2 Å². The molecular weight excluding hydrogens is 851 g/mol. The second kappa shape index (κ2) is 17.8. The van der Waals surface area contributed by atoms with Crippen LogP contribution in [0.5, 0.6) is 0 Å². The third-order valence-electron chi connectivity index (χ3n) is 15.2. The Bertz CT molecular complexity index is 2900. The van der Waals surface area contributed by atoms with Crippen molar-refractivity contribution in [3.63, 3.8) is 0 Å². The fourth-order valence-electron chi connectivity index (χ4n) is 10.9. The highest BCUT2D eigenvalue weighted by Gasteiger charge is 2.51. The zero-order valence-corrected chi connectivity index (χ0v) is 45.3. The van der Waals surface area contributed by atoms with Crippen molar-refractivity contribution in [3.05, 3.63) is 179 Å². The Morgan fingerprint density at radius 2 is 0.855 bits per heavy atom. The third kappa shape index (κ3) is 8.99. The van der Waals surface area contributed by atoms with Gasteiger partial charge >= 0.3 is 0 Å². The molecule has 0 bridgehead atoms. The molecule has 0 saturated carbocycles. The molecule has 0 amide bonds. The Hall–Kier alpha value is -5.84. The normalized spacial score (nSPS) is 15.7. The van der Waals surface area contributed by atoms with Gasteiger partial charge in [0, 0.05) is 51.2 Å². The average Bonchev–Trinajstić information content (AvgIpc) is 3.30. The van der Waals surface area contributed by atoms with E-state index in [4.69, 9.17) is 0 Å². The first-order valence-electron chi connectivity index (χ1n) is 25.8. The number of hydrogen-bond acceptors (Lipinski definition) is 3. The maximum absolute atomic E-state index is 2.74. The van der Waals surface area contributed by atoms with Crippen molar-refractivity contribution in [1.82, 2.24) is 0 Å². The van der Waals surface area contributed by atoms with Crippen molar-refractivity contribution in [2.45, 2.75) is 150 Å². The predicted octanol–water partition coefficient (Wildman–Crippen LogP) is 17.1. The molecule has 7 aromatic carbocycles. The SMILES string of the molecule is CCCCCCc1ccc(N2c3cc(N(c4ccc(C(C)(C)C)cc4)c4ccc(C(C)(C)C)cc4)ccc3[Si]3(C)c4cc(C(C)(C)C)ccc4N(c4ccc(C(C)(C)C)cc4)c4cccc2c43)cc1. The van der Waals surface area contributed by atoms with Gasteiger partial charge in [-0.3, -0.25) is 0 Å². The maximum atomic E-state index is 2.64. The molecule has 0 saturated heterocycles. The Morgan fingerprint density at radius 1 is 0.406 bits per heavy atom. The largest absolute Gasteiger partial charge is 0.311 e. The lowest BCUT2D eigenvalue weighted by molar-refractivity contribution is 0.590. The van der Waals surface area contributed by atoms with E-state index >= 15 is 0 Å². The van der Waals surface area contributed by atoms with Gasteiger partial charge in [-0.05, 0) is 157 Å². The first-order chi connectivity index (χ1) is 32.6. The van der Waals surface area contributed by atoms with Gasteiger partial charge in [0.15, 0.2) is 8.07 Å². The summed E-state index contributed by atoms with van der Waals surface area (Å²) < 4.78 is 0. The van der Waals surface area contributed by atoms with E-state index in [1.165, 1.54) is 103 Å². The molecule has 1 unspecified atom stereocenters. The second-order valence-electron chi connectivity index (χ2n) is 24.4. The Labute approximate surface area is 417 Å². The summed E-state index contributed by atoms with van der Waals surface area (Å²) in [5.41, 5.74) is 17.9. The van der Waals surface area contributed by atoms with Crippen molar-refractivity contribution in [3.8, 4) is 0 Å². The lowest BCUT2D eigenvalue weighted by atomic mass is 9.86. The molecule has 2 aliphatic heterocycles. The quantitative estimate of drug-likeness (QED) is 0.1000. The molecule has 0 spiro atoms. The molecule has 7 aromatic rings. The molecule has 1 atom stereocenters. The van der Waals surface area contributed by atoms with Crippen LogP contribution in [0.3, 0.4) is 0 Å². The molecule has 4 heteroatoms. The molecule has 69 heavy (non-hydrogen) atoms. The molecule has 9 rings (SSSR count). The van der Waals surface area contributed by atoms with Crippen LogP contribution in [0, 0.1) is 0 Å². The number of nitrogens with zero attached hydrogens (tertiary/aromatic N) is 3. The number of benzene rings is 7. The summed E-state index contributed by atoms with van der Waals surface area (Å²) in [6.07, 6.45) is 6.17. The highest BCUT2D eigenvalue weighted by Crippen LogP contribution is 2.49. The molecule has 2 aliphatic rings. The van der Waals surface area contributed by atoms with E-state index in [9.17, 15) is 0 Å². The van der Waals surface area contributed by atoms with E-state index in [0.29, 0.717) is 0 Å². The van der Waals surface area contributed by atoms with Crippen LogP contribution in [0.25, 0.3) is 0 Å². The summed E-state index contributed by atoms with van der Waals surface area (Å²) in [7, 11) is -2.74. The average molecular weight is 928 g/mol. The fraction of sp³-hybridized carbons (Fsp3) is 0.354. The smallest absolute Gasteiger partial charge is 0.156 e. The minimum atomic E-state index is -2.74. The lowest BCUT2D eigenvalue weighted by Gasteiger charge is -2.50. The minimum Gasteiger partial charge on any atom is -0.311 e. The van der Waals surface area contributed by atoms with Crippen LogP contribution in [-0.4, -0.2) is 8.07 Å². The van der Waals surface area contributed by atoms with E-state index < -0.39 is 8.07 Å². The summed E-state index contributed by atoms with van der Waals surface area (Å²) >= 11 is 0. The van der Waals surface area contributed by atoms with Crippen LogP contribution < -0.4 is 30.3 Å². The van der Waals surface area contributed by atoms with Crippen molar-refractivity contribution >= 4 is 74.8 Å². The molecular formula is C65H77N3Si. The Kier molecular flexibility index (Phi) is 12.5. The lowest BCUT2D eigenvalue weighted by Crippen LogP contribution is -2.71. The standard InChI is InChI=1S/C65H77N3Si/c1-15-16-17-18-20-45-23-32-52(33-24-45)68-57-22-19-21-56-61(57)69(14,60-43-49(65(11,12)13)31-41-55(60)67(56)53-38-29-48(30-39-53)64(8,9)10)59-42-40-54(44-58(59)68)66(50-34-25-46(26-35-50)62(2,3)4)51-36-27-47(28-37-51)63(5,6)7/h19,21-44H,15-18,20H2,1-14H3. The van der Waals surface area contributed by atoms with Crippen LogP contribution in [0.1, 0.15) is 144 Å². The number of rotatable bonds is 10. The summed E-state index contributed by atoms with van der Waals surface area (Å²) in [4.78, 5) is 7.65. The summed E-state index contributed by atoms with van der Waals surface area (Å²) in [6.45, 7) is 32.7. The number of fused-ring (bicyclic) bond motifs is 4. The van der Waals surface area contributed by atoms with Gasteiger partial charge in [-0.1, -0.05) is 189 Å². The van der Waals surface area contributed by atoms with Crippen molar-refractivity contribution < 1.29 is 0 Å². The number of aryl methyl sites for hydroxylation is 1. The predicted molar refractivity (Wildman–Crippen MR) is 304 cm³/mol. The Balaban J connectivity index is 1.30. The van der Waals surface area contributed by atoms with Gasteiger partial charge in [0.25, 0.3) is 0 Å². The van der Waals surface area contributed by atoms with Gasteiger partial charge < -0.3 is 14.7 Å². The molecule has 0 aliphatic carbocycles. The van der Waals surface area contributed by atoms with Gasteiger partial charge in [-0.2, -0.15) is 0 Å². The molecule has 0 N–H and O–H groups in total. The van der Waals surface area contributed by atoms with Crippen molar-refractivity contribution in [1.29, 1.82) is 0 Å². The molecule has 0 fully saturated rings. The fourth-order valence-corrected chi connectivity index (χ4v) is 15.4. The number of hydrogen-bond donors (Lipinski definition) is 0. The maximum Gasteiger partial charge on any atom is 0.156 e.